The number of allylic oxidation sites excluding steroid dienone is 1. The molecule has 0 aliphatic heterocycles. The third-order valence-electron chi connectivity index (χ3n) is 2.30. The van der Waals surface area contributed by atoms with Crippen LogP contribution in [0.1, 0.15) is 10.4 Å². The Hall–Kier alpha value is -2.43. The van der Waals surface area contributed by atoms with Crippen LogP contribution in [-0.2, 0) is 0 Å². The number of hydrogen-bond donors (Lipinski definition) is 0. The average Bonchev–Trinajstić information content (AvgIpc) is 2.86. The minimum absolute atomic E-state index is 0.0705. The van der Waals surface area contributed by atoms with Crippen LogP contribution in [0.25, 0.3) is 5.69 Å². The second-order valence-corrected chi connectivity index (χ2v) is 4.03. The van der Waals surface area contributed by atoms with Gasteiger partial charge in [-0.25, -0.2) is 4.68 Å². The molecule has 0 aliphatic carbocycles. The van der Waals surface area contributed by atoms with Crippen LogP contribution in [-0.4, -0.2) is 39.5 Å². The molecule has 0 bridgehead atoms. The van der Waals surface area contributed by atoms with Gasteiger partial charge in [-0.15, -0.1) is 0 Å². The zero-order valence-electron chi connectivity index (χ0n) is 10.3. The predicted molar refractivity (Wildman–Crippen MR) is 68.5 cm³/mol. The molecule has 2 aromatic rings. The van der Waals surface area contributed by atoms with Crippen molar-refractivity contribution >= 4 is 5.78 Å². The number of carbonyl (C=O) groups excluding carboxylic acids is 1. The SMILES string of the molecule is CN(C)/C=C/C(=O)c1cnn(-c2cccnc2)c1. The second kappa shape index (κ2) is 5.27. The fourth-order valence-electron chi connectivity index (χ4n) is 1.39. The van der Waals surface area contributed by atoms with Crippen LogP contribution in [0.3, 0.4) is 0 Å². The summed E-state index contributed by atoms with van der Waals surface area (Å²) in [4.78, 5) is 17.6. The summed E-state index contributed by atoms with van der Waals surface area (Å²) in [6, 6.07) is 3.70. The van der Waals surface area contributed by atoms with Crippen LogP contribution in [0.5, 0.6) is 0 Å². The van der Waals surface area contributed by atoms with E-state index in [9.17, 15) is 4.79 Å². The average molecular weight is 242 g/mol. The lowest BCUT2D eigenvalue weighted by Gasteiger charge is -2.01. The number of pyridine rings is 1. The van der Waals surface area contributed by atoms with Gasteiger partial charge in [-0.05, 0) is 12.1 Å². The van der Waals surface area contributed by atoms with Crippen LogP contribution >= 0.6 is 0 Å². The van der Waals surface area contributed by atoms with E-state index in [0.29, 0.717) is 5.56 Å². The van der Waals surface area contributed by atoms with Crippen molar-refractivity contribution in [2.24, 2.45) is 0 Å². The zero-order chi connectivity index (χ0) is 13.0. The molecule has 0 N–H and O–H groups in total. The summed E-state index contributed by atoms with van der Waals surface area (Å²) in [6.07, 6.45) is 9.86. The van der Waals surface area contributed by atoms with Crippen LogP contribution < -0.4 is 0 Å². The Morgan fingerprint density at radius 1 is 1.39 bits per heavy atom. The lowest BCUT2D eigenvalue weighted by atomic mass is 10.2. The number of rotatable bonds is 4. The van der Waals surface area contributed by atoms with Crippen LogP contribution in [0, 0.1) is 0 Å². The Morgan fingerprint density at radius 2 is 2.22 bits per heavy atom. The molecule has 0 aromatic carbocycles. The maximum atomic E-state index is 11.8. The van der Waals surface area contributed by atoms with E-state index in [1.54, 1.807) is 35.7 Å². The van der Waals surface area contributed by atoms with E-state index < -0.39 is 0 Å². The summed E-state index contributed by atoms with van der Waals surface area (Å²) in [5.41, 5.74) is 1.38. The standard InChI is InChI=1S/C13H14N4O/c1-16(2)7-5-13(18)11-8-15-17(10-11)12-4-3-6-14-9-12/h3-10H,1-2H3/b7-5+. The fraction of sp³-hybridized carbons (Fsp3) is 0.154. The molecule has 0 atom stereocenters. The quantitative estimate of drug-likeness (QED) is 0.602. The molecule has 2 aromatic heterocycles. The van der Waals surface area contributed by atoms with E-state index in [1.807, 2.05) is 31.1 Å². The van der Waals surface area contributed by atoms with Crippen molar-refractivity contribution < 1.29 is 4.79 Å². The highest BCUT2D eigenvalue weighted by Gasteiger charge is 2.06. The van der Waals surface area contributed by atoms with E-state index in [2.05, 4.69) is 10.1 Å². The molecule has 2 heterocycles. The van der Waals surface area contributed by atoms with Crippen LogP contribution in [0.4, 0.5) is 0 Å². The first-order chi connectivity index (χ1) is 8.66. The Balaban J connectivity index is 2.19. The summed E-state index contributed by atoms with van der Waals surface area (Å²) in [5, 5.41) is 4.14. The molecule has 92 valence electrons. The number of carbonyl (C=O) groups is 1. The van der Waals surface area contributed by atoms with Gasteiger partial charge in [-0.3, -0.25) is 9.78 Å². The first kappa shape index (κ1) is 12.0. The summed E-state index contributed by atoms with van der Waals surface area (Å²) < 4.78 is 1.63. The molecule has 5 heteroatoms. The Labute approximate surface area is 105 Å². The molecule has 0 saturated heterocycles. The van der Waals surface area contributed by atoms with Gasteiger partial charge in [0, 0.05) is 38.8 Å². The van der Waals surface area contributed by atoms with E-state index in [4.69, 9.17) is 0 Å². The Bertz CT molecular complexity index is 557. The van der Waals surface area contributed by atoms with Gasteiger partial charge in [0.15, 0.2) is 5.78 Å². The summed E-state index contributed by atoms with van der Waals surface area (Å²) in [7, 11) is 3.73. The molecular formula is C13H14N4O. The third-order valence-corrected chi connectivity index (χ3v) is 2.30. The molecule has 0 unspecified atom stereocenters. The monoisotopic (exact) mass is 242 g/mol. The molecule has 0 amide bonds. The number of nitrogens with zero attached hydrogens (tertiary/aromatic N) is 4. The summed E-state index contributed by atoms with van der Waals surface area (Å²) >= 11 is 0. The molecular weight excluding hydrogens is 228 g/mol. The normalized spacial score (nSPS) is 10.8. The van der Waals surface area contributed by atoms with E-state index in [0.717, 1.165) is 5.69 Å². The van der Waals surface area contributed by atoms with Crippen molar-refractivity contribution in [3.05, 3.63) is 54.8 Å². The highest BCUT2D eigenvalue weighted by atomic mass is 16.1. The van der Waals surface area contributed by atoms with Crippen LogP contribution in [0.2, 0.25) is 0 Å². The molecule has 2 rings (SSSR count). The highest BCUT2D eigenvalue weighted by molar-refractivity contribution is 6.04. The van der Waals surface area contributed by atoms with Crippen molar-refractivity contribution in [2.45, 2.75) is 0 Å². The van der Waals surface area contributed by atoms with Gasteiger partial charge in [0.2, 0.25) is 0 Å². The summed E-state index contributed by atoms with van der Waals surface area (Å²) in [5.74, 6) is -0.0705. The van der Waals surface area contributed by atoms with Gasteiger partial charge >= 0.3 is 0 Å². The van der Waals surface area contributed by atoms with Gasteiger partial charge in [0.1, 0.15) is 0 Å². The van der Waals surface area contributed by atoms with Gasteiger partial charge in [0.05, 0.1) is 23.6 Å². The number of hydrogen-bond acceptors (Lipinski definition) is 4. The molecule has 0 spiro atoms. The summed E-state index contributed by atoms with van der Waals surface area (Å²) in [6.45, 7) is 0. The lowest BCUT2D eigenvalue weighted by molar-refractivity contribution is 0.104. The number of aromatic nitrogens is 3. The van der Waals surface area contributed by atoms with Crippen LogP contribution in [0.15, 0.2) is 49.2 Å². The first-order valence-electron chi connectivity index (χ1n) is 5.51. The van der Waals surface area contributed by atoms with Gasteiger partial charge in [-0.1, -0.05) is 0 Å². The molecule has 5 nitrogen and oxygen atoms in total. The van der Waals surface area contributed by atoms with Crippen molar-refractivity contribution in [3.63, 3.8) is 0 Å². The second-order valence-electron chi connectivity index (χ2n) is 4.03. The zero-order valence-corrected chi connectivity index (χ0v) is 10.3. The highest BCUT2D eigenvalue weighted by Crippen LogP contribution is 2.07. The minimum atomic E-state index is -0.0705. The fourth-order valence-corrected chi connectivity index (χ4v) is 1.39. The topological polar surface area (TPSA) is 51.0 Å². The van der Waals surface area contributed by atoms with Gasteiger partial charge < -0.3 is 4.90 Å². The lowest BCUT2D eigenvalue weighted by Crippen LogP contribution is -2.02. The van der Waals surface area contributed by atoms with E-state index in [-0.39, 0.29) is 5.78 Å². The van der Waals surface area contributed by atoms with Crippen molar-refractivity contribution in [2.75, 3.05) is 14.1 Å². The van der Waals surface area contributed by atoms with Gasteiger partial charge in [0.25, 0.3) is 0 Å². The minimum Gasteiger partial charge on any atom is -0.383 e. The van der Waals surface area contributed by atoms with Gasteiger partial charge in [-0.2, -0.15) is 5.10 Å². The Kier molecular flexibility index (Phi) is 3.52. The van der Waals surface area contributed by atoms with Crippen molar-refractivity contribution in [1.82, 2.24) is 19.7 Å². The number of ketones is 1. The van der Waals surface area contributed by atoms with E-state index in [1.165, 1.54) is 6.08 Å². The molecule has 0 aliphatic rings. The third kappa shape index (κ3) is 2.82. The smallest absolute Gasteiger partial charge is 0.190 e. The predicted octanol–water partition coefficient (Wildman–Crippen LogP) is 1.53. The maximum absolute atomic E-state index is 11.8. The molecule has 0 radical (unpaired) electrons. The molecule has 0 saturated carbocycles. The van der Waals surface area contributed by atoms with Crippen molar-refractivity contribution in [3.8, 4) is 5.69 Å². The largest absolute Gasteiger partial charge is 0.383 e. The molecule has 18 heavy (non-hydrogen) atoms. The van der Waals surface area contributed by atoms with Crippen molar-refractivity contribution in [1.29, 1.82) is 0 Å². The van der Waals surface area contributed by atoms with E-state index >= 15 is 0 Å². The molecule has 0 fully saturated rings. The maximum Gasteiger partial charge on any atom is 0.190 e. The Morgan fingerprint density at radius 3 is 2.89 bits per heavy atom. The first-order valence-corrected chi connectivity index (χ1v) is 5.51.